The number of piperidine rings is 1. The van der Waals surface area contributed by atoms with Gasteiger partial charge in [0, 0.05) is 19.1 Å². The molecule has 2 aromatic carbocycles. The van der Waals surface area contributed by atoms with Crippen molar-refractivity contribution in [2.24, 2.45) is 5.92 Å². The lowest BCUT2D eigenvalue weighted by atomic mass is 10.1. The molecule has 7 nitrogen and oxygen atoms in total. The number of halogens is 4. The average Bonchev–Trinajstić information content (AvgIpc) is 2.85. The van der Waals surface area contributed by atoms with Crippen molar-refractivity contribution in [2.75, 3.05) is 26.7 Å². The summed E-state index contributed by atoms with van der Waals surface area (Å²) in [7, 11) is 2.10. The van der Waals surface area contributed by atoms with E-state index < -0.39 is 12.1 Å². The maximum atomic E-state index is 13.3. The van der Waals surface area contributed by atoms with Crippen LogP contribution in [0.4, 0.5) is 22.4 Å². The number of rotatable bonds is 8. The maximum absolute atomic E-state index is 13.3. The molecule has 0 aromatic heterocycles. The predicted molar refractivity (Wildman–Crippen MR) is 135 cm³/mol. The lowest BCUT2D eigenvalue weighted by Gasteiger charge is -2.32. The van der Waals surface area contributed by atoms with Gasteiger partial charge in [-0.15, -0.1) is 0 Å². The van der Waals surface area contributed by atoms with Crippen LogP contribution in [0.3, 0.4) is 0 Å². The number of aliphatic carboxylic acids is 1. The van der Waals surface area contributed by atoms with Gasteiger partial charge < -0.3 is 25.0 Å². The molecule has 1 aliphatic rings. The van der Waals surface area contributed by atoms with Gasteiger partial charge in [0.1, 0.15) is 11.6 Å². The molecule has 1 heterocycles. The fourth-order valence-electron chi connectivity index (χ4n) is 3.60. The molecule has 3 rings (SSSR count). The van der Waals surface area contributed by atoms with Crippen molar-refractivity contribution < 1.29 is 37.0 Å². The Morgan fingerprint density at radius 3 is 1.95 bits per heavy atom. The van der Waals surface area contributed by atoms with Crippen LogP contribution >= 0.6 is 0 Å². The van der Waals surface area contributed by atoms with Crippen LogP contribution < -0.4 is 10.1 Å². The molecule has 0 atom stereocenters. The Balaban J connectivity index is 0.000000638. The van der Waals surface area contributed by atoms with Crippen molar-refractivity contribution >= 4 is 12.0 Å². The van der Waals surface area contributed by atoms with Crippen LogP contribution in [-0.2, 0) is 17.9 Å². The van der Waals surface area contributed by atoms with E-state index in [0.29, 0.717) is 25.6 Å². The number of carbonyl (C=O) groups excluding carboxylic acids is 1. The van der Waals surface area contributed by atoms with Crippen LogP contribution in [0.1, 0.15) is 37.8 Å². The van der Waals surface area contributed by atoms with Gasteiger partial charge in [-0.3, -0.25) is 0 Å². The zero-order chi connectivity index (χ0) is 28.3. The minimum Gasteiger partial charge on any atom is -0.493 e. The van der Waals surface area contributed by atoms with Crippen molar-refractivity contribution in [3.05, 3.63) is 65.5 Å². The number of carboxylic acids is 1. The first-order valence-electron chi connectivity index (χ1n) is 12.3. The number of nitrogens with zero attached hydrogens (tertiary/aromatic N) is 2. The first kappa shape index (κ1) is 30.9. The molecule has 0 unspecified atom stereocenters. The minimum atomic E-state index is -5.08. The summed E-state index contributed by atoms with van der Waals surface area (Å²) in [5.74, 6) is -1.73. The molecule has 1 aliphatic heterocycles. The van der Waals surface area contributed by atoms with E-state index in [1.807, 2.05) is 24.3 Å². The van der Waals surface area contributed by atoms with E-state index in [-0.39, 0.29) is 17.9 Å². The predicted octanol–water partition coefficient (Wildman–Crippen LogP) is 5.30. The minimum absolute atomic E-state index is 0.0842. The van der Waals surface area contributed by atoms with Crippen molar-refractivity contribution in [1.82, 2.24) is 15.1 Å². The second kappa shape index (κ2) is 14.6. The first-order valence-corrected chi connectivity index (χ1v) is 12.3. The fourth-order valence-corrected chi connectivity index (χ4v) is 3.60. The van der Waals surface area contributed by atoms with Crippen LogP contribution in [-0.4, -0.2) is 65.9 Å². The number of benzene rings is 2. The van der Waals surface area contributed by atoms with E-state index in [1.165, 1.54) is 12.1 Å². The summed E-state index contributed by atoms with van der Waals surface area (Å²) in [4.78, 5) is 26.1. The number of carbonyl (C=O) groups is 2. The molecule has 2 amide bonds. The lowest BCUT2D eigenvalue weighted by molar-refractivity contribution is -0.192. The van der Waals surface area contributed by atoms with Gasteiger partial charge in [-0.25, -0.2) is 14.0 Å². The normalized spacial score (nSPS) is 14.4. The summed E-state index contributed by atoms with van der Waals surface area (Å²) >= 11 is 0. The molecule has 2 aromatic rings. The second-order valence-corrected chi connectivity index (χ2v) is 9.66. The third kappa shape index (κ3) is 11.4. The highest BCUT2D eigenvalue weighted by molar-refractivity contribution is 5.74. The Kier molecular flexibility index (Phi) is 11.8. The highest BCUT2D eigenvalue weighted by Gasteiger charge is 2.38. The van der Waals surface area contributed by atoms with Gasteiger partial charge >= 0.3 is 18.2 Å². The summed E-state index contributed by atoms with van der Waals surface area (Å²) in [6.07, 6.45) is -3.18. The van der Waals surface area contributed by atoms with Gasteiger partial charge in [-0.1, -0.05) is 38.1 Å². The third-order valence-electron chi connectivity index (χ3n) is 5.74. The first-order chi connectivity index (χ1) is 17.8. The van der Waals surface area contributed by atoms with Gasteiger partial charge in [0.2, 0.25) is 0 Å². The smallest absolute Gasteiger partial charge is 0.490 e. The number of likely N-dealkylation sites (tertiary alicyclic amines) is 1. The highest BCUT2D eigenvalue weighted by atomic mass is 19.4. The summed E-state index contributed by atoms with van der Waals surface area (Å²) < 4.78 is 50.8. The summed E-state index contributed by atoms with van der Waals surface area (Å²) in [6, 6.07) is 14.3. The van der Waals surface area contributed by atoms with E-state index in [0.717, 1.165) is 42.8 Å². The Labute approximate surface area is 220 Å². The number of carboxylic acid groups (broad SMARTS) is 1. The Hall–Kier alpha value is -3.34. The van der Waals surface area contributed by atoms with E-state index in [9.17, 15) is 22.4 Å². The van der Waals surface area contributed by atoms with Gasteiger partial charge in [0.25, 0.3) is 0 Å². The van der Waals surface area contributed by atoms with E-state index in [2.05, 4.69) is 31.1 Å². The quantitative estimate of drug-likeness (QED) is 0.444. The fraction of sp³-hybridized carbons (Fsp3) is 0.481. The molecular formula is C27H35F4N3O4. The van der Waals surface area contributed by atoms with Gasteiger partial charge in [-0.05, 0) is 74.3 Å². The molecule has 38 heavy (non-hydrogen) atoms. The van der Waals surface area contributed by atoms with Gasteiger partial charge in [0.05, 0.1) is 6.61 Å². The van der Waals surface area contributed by atoms with Crippen LogP contribution in [0.2, 0.25) is 0 Å². The highest BCUT2D eigenvalue weighted by Crippen LogP contribution is 2.17. The van der Waals surface area contributed by atoms with Crippen molar-refractivity contribution in [3.8, 4) is 5.75 Å². The van der Waals surface area contributed by atoms with Crippen LogP contribution in [0.5, 0.6) is 5.75 Å². The van der Waals surface area contributed by atoms with E-state index >= 15 is 0 Å². The molecule has 2 N–H and O–H groups in total. The molecule has 0 saturated carbocycles. The molecule has 0 bridgehead atoms. The molecule has 0 aliphatic carbocycles. The number of hydrogen-bond donors (Lipinski definition) is 2. The second-order valence-electron chi connectivity index (χ2n) is 9.66. The standard InChI is InChI=1S/C25H34FN3O2.C2HF3O2/c1-19(2)18-31-24-10-6-21(7-11-24)17-29(16-20-4-8-22(26)9-5-20)25(30)27-23-12-14-28(3)15-13-23;3-2(4,5)1(6)7/h4-11,19,23H,12-18H2,1-3H3,(H,27,30);(H,6,7). The van der Waals surface area contributed by atoms with Crippen molar-refractivity contribution in [1.29, 1.82) is 0 Å². The topological polar surface area (TPSA) is 82.1 Å². The number of ether oxygens (including phenoxy) is 1. The van der Waals surface area contributed by atoms with E-state index in [1.54, 1.807) is 17.0 Å². The lowest BCUT2D eigenvalue weighted by Crippen LogP contribution is -2.48. The average molecular weight is 542 g/mol. The van der Waals surface area contributed by atoms with Crippen LogP contribution in [0.15, 0.2) is 48.5 Å². The Morgan fingerprint density at radius 2 is 1.50 bits per heavy atom. The van der Waals surface area contributed by atoms with Crippen LogP contribution in [0.25, 0.3) is 0 Å². The van der Waals surface area contributed by atoms with Gasteiger partial charge in [0.15, 0.2) is 0 Å². The SMILES string of the molecule is CC(C)COc1ccc(CN(Cc2ccc(F)cc2)C(=O)NC2CCN(C)CC2)cc1.O=C(O)C(F)(F)F. The molecule has 0 radical (unpaired) electrons. The number of nitrogens with one attached hydrogen (secondary N) is 1. The molecule has 1 saturated heterocycles. The van der Waals surface area contributed by atoms with Crippen LogP contribution in [0, 0.1) is 11.7 Å². The number of amides is 2. The Bertz CT molecular complexity index is 1010. The monoisotopic (exact) mass is 541 g/mol. The maximum Gasteiger partial charge on any atom is 0.490 e. The molecule has 210 valence electrons. The molecule has 11 heteroatoms. The Morgan fingerprint density at radius 1 is 1.03 bits per heavy atom. The summed E-state index contributed by atoms with van der Waals surface area (Å²) in [5, 5.41) is 10.3. The number of alkyl halides is 3. The summed E-state index contributed by atoms with van der Waals surface area (Å²) in [5.41, 5.74) is 1.93. The molecule has 0 spiro atoms. The zero-order valence-corrected chi connectivity index (χ0v) is 21.8. The largest absolute Gasteiger partial charge is 0.493 e. The van der Waals surface area contributed by atoms with Gasteiger partial charge in [-0.2, -0.15) is 13.2 Å². The third-order valence-corrected chi connectivity index (χ3v) is 5.74. The summed E-state index contributed by atoms with van der Waals surface area (Å²) in [6.45, 7) is 7.77. The van der Waals surface area contributed by atoms with Crippen molar-refractivity contribution in [2.45, 2.75) is 52.0 Å². The number of urea groups is 1. The van der Waals surface area contributed by atoms with E-state index in [4.69, 9.17) is 14.6 Å². The zero-order valence-electron chi connectivity index (χ0n) is 21.8. The molecule has 1 fully saturated rings. The number of hydrogen-bond acceptors (Lipinski definition) is 4. The van der Waals surface area contributed by atoms with Crippen molar-refractivity contribution in [3.63, 3.8) is 0 Å². The molecular weight excluding hydrogens is 506 g/mol.